The Morgan fingerprint density at radius 3 is 2.88 bits per heavy atom. The second kappa shape index (κ2) is 4.69. The van der Waals surface area contributed by atoms with Crippen LogP contribution in [0, 0.1) is 19.8 Å². The summed E-state index contributed by atoms with van der Waals surface area (Å²) in [4.78, 5) is 22.0. The summed E-state index contributed by atoms with van der Waals surface area (Å²) >= 11 is 0. The Balaban J connectivity index is 2.18. The number of hydrogen-bond donors (Lipinski definition) is 1. The smallest absolute Gasteiger partial charge is 0.222 e. The molecule has 1 unspecified atom stereocenters. The highest BCUT2D eigenvalue weighted by Crippen LogP contribution is 2.21. The number of piperidine rings is 1. The third-order valence-electron chi connectivity index (χ3n) is 3.10. The van der Waals surface area contributed by atoms with Crippen LogP contribution in [-0.4, -0.2) is 29.0 Å². The van der Waals surface area contributed by atoms with Crippen LogP contribution in [0.2, 0.25) is 0 Å². The molecular weight excluding hydrogens is 216 g/mol. The molecular formula is C12H18N4O. The van der Waals surface area contributed by atoms with E-state index in [2.05, 4.69) is 14.9 Å². The van der Waals surface area contributed by atoms with E-state index < -0.39 is 0 Å². The van der Waals surface area contributed by atoms with Gasteiger partial charge < -0.3 is 10.6 Å². The first-order chi connectivity index (χ1) is 8.06. The van der Waals surface area contributed by atoms with Crippen LogP contribution in [0.1, 0.15) is 24.4 Å². The fourth-order valence-electron chi connectivity index (χ4n) is 2.28. The first-order valence-electron chi connectivity index (χ1n) is 5.93. The number of carbonyl (C=O) groups excluding carboxylic acids is 1. The van der Waals surface area contributed by atoms with Gasteiger partial charge >= 0.3 is 0 Å². The van der Waals surface area contributed by atoms with Gasteiger partial charge in [0.2, 0.25) is 5.91 Å². The van der Waals surface area contributed by atoms with Crippen molar-refractivity contribution in [2.24, 2.45) is 11.7 Å². The number of aromatic nitrogens is 2. The fraction of sp³-hybridized carbons (Fsp3) is 0.583. The van der Waals surface area contributed by atoms with Crippen molar-refractivity contribution in [3.05, 3.63) is 17.6 Å². The summed E-state index contributed by atoms with van der Waals surface area (Å²) in [6.07, 6.45) is 1.87. The van der Waals surface area contributed by atoms with Gasteiger partial charge in [-0.3, -0.25) is 4.79 Å². The predicted molar refractivity (Wildman–Crippen MR) is 65.6 cm³/mol. The number of nitrogens with two attached hydrogens (primary N) is 1. The van der Waals surface area contributed by atoms with E-state index in [4.69, 9.17) is 5.73 Å². The third-order valence-corrected chi connectivity index (χ3v) is 3.10. The number of rotatable bonds is 2. The maximum absolute atomic E-state index is 11.2. The fourth-order valence-corrected chi connectivity index (χ4v) is 2.28. The molecule has 0 bridgehead atoms. The largest absolute Gasteiger partial charge is 0.369 e. The third kappa shape index (κ3) is 2.72. The molecule has 0 saturated carbocycles. The Hall–Kier alpha value is -1.65. The number of hydrogen-bond acceptors (Lipinski definition) is 4. The van der Waals surface area contributed by atoms with Crippen LogP contribution in [0.5, 0.6) is 0 Å². The molecule has 1 aromatic rings. The second-order valence-corrected chi connectivity index (χ2v) is 4.60. The highest BCUT2D eigenvalue weighted by atomic mass is 16.1. The van der Waals surface area contributed by atoms with Crippen LogP contribution in [0.25, 0.3) is 0 Å². The molecule has 2 rings (SSSR count). The first-order valence-corrected chi connectivity index (χ1v) is 5.93. The van der Waals surface area contributed by atoms with Crippen molar-refractivity contribution >= 4 is 11.7 Å². The molecule has 92 valence electrons. The van der Waals surface area contributed by atoms with E-state index in [9.17, 15) is 4.79 Å². The highest BCUT2D eigenvalue weighted by molar-refractivity contribution is 5.77. The highest BCUT2D eigenvalue weighted by Gasteiger charge is 2.24. The van der Waals surface area contributed by atoms with Crippen LogP contribution in [0.3, 0.4) is 0 Å². The van der Waals surface area contributed by atoms with E-state index in [1.807, 2.05) is 19.9 Å². The van der Waals surface area contributed by atoms with Crippen molar-refractivity contribution in [2.45, 2.75) is 26.7 Å². The van der Waals surface area contributed by atoms with Gasteiger partial charge in [0.1, 0.15) is 11.6 Å². The van der Waals surface area contributed by atoms with Gasteiger partial charge in [0.15, 0.2) is 0 Å². The van der Waals surface area contributed by atoms with Crippen LogP contribution >= 0.6 is 0 Å². The van der Waals surface area contributed by atoms with Gasteiger partial charge in [-0.25, -0.2) is 9.97 Å². The molecule has 0 aliphatic carbocycles. The molecule has 0 aromatic carbocycles. The van der Waals surface area contributed by atoms with Crippen LogP contribution in [0.4, 0.5) is 5.82 Å². The lowest BCUT2D eigenvalue weighted by molar-refractivity contribution is -0.122. The van der Waals surface area contributed by atoms with Crippen molar-refractivity contribution in [1.29, 1.82) is 0 Å². The molecule has 1 saturated heterocycles. The minimum Gasteiger partial charge on any atom is -0.369 e. The molecule has 5 heteroatoms. The maximum atomic E-state index is 11.2. The number of primary amides is 1. The monoisotopic (exact) mass is 234 g/mol. The van der Waals surface area contributed by atoms with Crippen molar-refractivity contribution in [3.8, 4) is 0 Å². The normalized spacial score (nSPS) is 20.4. The lowest BCUT2D eigenvalue weighted by Gasteiger charge is -2.32. The molecule has 1 atom stereocenters. The van der Waals surface area contributed by atoms with Gasteiger partial charge in [0.05, 0.1) is 5.92 Å². The predicted octanol–water partition coefficient (Wildman–Crippen LogP) is 0.795. The number of amides is 1. The van der Waals surface area contributed by atoms with E-state index in [0.717, 1.165) is 36.7 Å². The van der Waals surface area contributed by atoms with Crippen LogP contribution in [-0.2, 0) is 4.79 Å². The van der Waals surface area contributed by atoms with E-state index in [-0.39, 0.29) is 11.8 Å². The van der Waals surface area contributed by atoms with Crippen LogP contribution in [0.15, 0.2) is 6.07 Å². The number of carbonyl (C=O) groups is 1. The Morgan fingerprint density at radius 1 is 1.47 bits per heavy atom. The maximum Gasteiger partial charge on any atom is 0.222 e. The molecule has 1 fully saturated rings. The summed E-state index contributed by atoms with van der Waals surface area (Å²) in [5.41, 5.74) is 6.32. The minimum absolute atomic E-state index is 0.0562. The molecule has 1 aromatic heterocycles. The van der Waals surface area contributed by atoms with Crippen molar-refractivity contribution in [1.82, 2.24) is 9.97 Å². The first kappa shape index (κ1) is 11.8. The molecule has 2 heterocycles. The van der Waals surface area contributed by atoms with E-state index in [1.54, 1.807) is 0 Å². The lowest BCUT2D eigenvalue weighted by Crippen LogP contribution is -2.41. The molecule has 1 amide bonds. The minimum atomic E-state index is -0.211. The number of aryl methyl sites for hydroxylation is 2. The molecule has 2 N–H and O–H groups in total. The van der Waals surface area contributed by atoms with Gasteiger partial charge in [-0.15, -0.1) is 0 Å². The Bertz CT molecular complexity index is 412. The lowest BCUT2D eigenvalue weighted by atomic mass is 9.97. The average molecular weight is 234 g/mol. The van der Waals surface area contributed by atoms with E-state index in [1.165, 1.54) is 0 Å². The van der Waals surface area contributed by atoms with Gasteiger partial charge in [0, 0.05) is 24.8 Å². The average Bonchev–Trinajstić information content (AvgIpc) is 2.28. The summed E-state index contributed by atoms with van der Waals surface area (Å²) in [7, 11) is 0. The van der Waals surface area contributed by atoms with Gasteiger partial charge in [-0.1, -0.05) is 0 Å². The zero-order valence-electron chi connectivity index (χ0n) is 10.3. The topological polar surface area (TPSA) is 72.1 Å². The SMILES string of the molecule is Cc1cc(N2CCCC(C(N)=O)C2)nc(C)n1. The summed E-state index contributed by atoms with van der Waals surface area (Å²) in [6.45, 7) is 5.44. The zero-order chi connectivity index (χ0) is 12.4. The summed E-state index contributed by atoms with van der Waals surface area (Å²) in [5.74, 6) is 1.40. The molecule has 0 spiro atoms. The Kier molecular flexibility index (Phi) is 3.26. The van der Waals surface area contributed by atoms with E-state index in [0.29, 0.717) is 6.54 Å². The van der Waals surface area contributed by atoms with Gasteiger partial charge in [0.25, 0.3) is 0 Å². The van der Waals surface area contributed by atoms with E-state index >= 15 is 0 Å². The molecule has 0 radical (unpaired) electrons. The summed E-state index contributed by atoms with van der Waals surface area (Å²) in [5, 5.41) is 0. The molecule has 1 aliphatic heterocycles. The Morgan fingerprint density at radius 2 is 2.24 bits per heavy atom. The van der Waals surface area contributed by atoms with Crippen molar-refractivity contribution < 1.29 is 4.79 Å². The zero-order valence-corrected chi connectivity index (χ0v) is 10.3. The molecule has 17 heavy (non-hydrogen) atoms. The molecule has 1 aliphatic rings. The van der Waals surface area contributed by atoms with Crippen LogP contribution < -0.4 is 10.6 Å². The molecule has 5 nitrogen and oxygen atoms in total. The van der Waals surface area contributed by atoms with Gasteiger partial charge in [-0.2, -0.15) is 0 Å². The quantitative estimate of drug-likeness (QED) is 0.821. The number of anilines is 1. The second-order valence-electron chi connectivity index (χ2n) is 4.60. The Labute approximate surface area is 101 Å². The van der Waals surface area contributed by atoms with Crippen molar-refractivity contribution in [2.75, 3.05) is 18.0 Å². The standard InChI is InChI=1S/C12H18N4O/c1-8-6-11(15-9(2)14-8)16-5-3-4-10(7-16)12(13)17/h6,10H,3-5,7H2,1-2H3,(H2,13,17). The van der Waals surface area contributed by atoms with Gasteiger partial charge in [-0.05, 0) is 26.7 Å². The summed E-state index contributed by atoms with van der Waals surface area (Å²) < 4.78 is 0. The van der Waals surface area contributed by atoms with Crippen molar-refractivity contribution in [3.63, 3.8) is 0 Å². The number of nitrogens with zero attached hydrogens (tertiary/aromatic N) is 3. The summed E-state index contributed by atoms with van der Waals surface area (Å²) in [6, 6.07) is 1.95.